The number of rotatable bonds is 3. The van der Waals surface area contributed by atoms with Crippen molar-refractivity contribution in [3.8, 4) is 0 Å². The van der Waals surface area contributed by atoms with Gasteiger partial charge in [0.15, 0.2) is 0 Å². The van der Waals surface area contributed by atoms with E-state index in [1.807, 2.05) is 0 Å². The lowest BCUT2D eigenvalue weighted by molar-refractivity contribution is -0.0336. The quantitative estimate of drug-likeness (QED) is 0.581. The second-order valence-electron chi connectivity index (χ2n) is 4.45. The predicted molar refractivity (Wildman–Crippen MR) is 75.5 cm³/mol. The van der Waals surface area contributed by atoms with Gasteiger partial charge in [0, 0.05) is 22.4 Å². The maximum Gasteiger partial charge on any atom is 0.0859 e. The highest BCUT2D eigenvalue weighted by Gasteiger charge is 2.47. The Kier molecular flexibility index (Phi) is 3.74. The molecule has 1 aliphatic carbocycles. The van der Waals surface area contributed by atoms with Gasteiger partial charge in [-0.2, -0.15) is 0 Å². The van der Waals surface area contributed by atoms with Crippen molar-refractivity contribution >= 4 is 22.6 Å². The van der Waals surface area contributed by atoms with Gasteiger partial charge in [0.05, 0.1) is 12.2 Å². The fourth-order valence-corrected chi connectivity index (χ4v) is 2.25. The molecule has 1 saturated heterocycles. The monoisotopic (exact) mass is 331 g/mol. The SMILES string of the molecule is C=C(I)/C=C\C(=C/C)N1CCOC2(CC2)C1. The van der Waals surface area contributed by atoms with Crippen LogP contribution in [0.5, 0.6) is 0 Å². The average molecular weight is 331 g/mol. The summed E-state index contributed by atoms with van der Waals surface area (Å²) in [4.78, 5) is 2.42. The third-order valence-corrected chi connectivity index (χ3v) is 3.51. The van der Waals surface area contributed by atoms with Gasteiger partial charge in [0.2, 0.25) is 0 Å². The lowest BCUT2D eigenvalue weighted by Gasteiger charge is -2.35. The zero-order valence-corrected chi connectivity index (χ0v) is 11.9. The number of morpholine rings is 1. The Bertz CT molecular complexity index is 342. The summed E-state index contributed by atoms with van der Waals surface area (Å²) in [7, 11) is 0. The van der Waals surface area contributed by atoms with Gasteiger partial charge in [-0.3, -0.25) is 0 Å². The average Bonchev–Trinajstić information content (AvgIpc) is 2.98. The van der Waals surface area contributed by atoms with Crippen LogP contribution in [0.1, 0.15) is 19.8 Å². The maximum atomic E-state index is 5.81. The third kappa shape index (κ3) is 2.88. The van der Waals surface area contributed by atoms with Crippen LogP contribution in [-0.2, 0) is 4.74 Å². The van der Waals surface area contributed by atoms with Crippen molar-refractivity contribution in [3.05, 3.63) is 34.1 Å². The molecule has 0 atom stereocenters. The molecule has 3 heteroatoms. The summed E-state index contributed by atoms with van der Waals surface area (Å²) < 4.78 is 6.88. The second kappa shape index (κ2) is 4.92. The second-order valence-corrected chi connectivity index (χ2v) is 5.83. The van der Waals surface area contributed by atoms with Crippen LogP contribution < -0.4 is 0 Å². The van der Waals surface area contributed by atoms with E-state index in [-0.39, 0.29) is 5.60 Å². The molecule has 0 radical (unpaired) electrons. The van der Waals surface area contributed by atoms with Crippen molar-refractivity contribution in [2.75, 3.05) is 19.7 Å². The Morgan fingerprint density at radius 3 is 2.75 bits per heavy atom. The largest absolute Gasteiger partial charge is 0.371 e. The highest BCUT2D eigenvalue weighted by atomic mass is 127. The molecule has 0 unspecified atom stereocenters. The molecule has 1 spiro atoms. The maximum absolute atomic E-state index is 5.81. The van der Waals surface area contributed by atoms with Crippen LogP contribution in [0.2, 0.25) is 0 Å². The molecule has 2 rings (SSSR count). The first-order valence-corrected chi connectivity index (χ1v) is 6.81. The first-order chi connectivity index (χ1) is 7.65. The number of nitrogens with zero attached hydrogens (tertiary/aromatic N) is 1. The van der Waals surface area contributed by atoms with E-state index in [0.29, 0.717) is 0 Å². The fraction of sp³-hybridized carbons (Fsp3) is 0.538. The number of hydrogen-bond donors (Lipinski definition) is 0. The number of allylic oxidation sites excluding steroid dienone is 4. The van der Waals surface area contributed by atoms with E-state index >= 15 is 0 Å². The van der Waals surface area contributed by atoms with Gasteiger partial charge >= 0.3 is 0 Å². The normalized spacial score (nSPS) is 24.1. The molecule has 0 amide bonds. The Morgan fingerprint density at radius 1 is 1.44 bits per heavy atom. The first kappa shape index (κ1) is 12.2. The molecule has 0 aromatic rings. The highest BCUT2D eigenvalue weighted by molar-refractivity contribution is 14.1. The van der Waals surface area contributed by atoms with Gasteiger partial charge in [0.1, 0.15) is 0 Å². The highest BCUT2D eigenvalue weighted by Crippen LogP contribution is 2.42. The number of ether oxygens (including phenoxy) is 1. The van der Waals surface area contributed by atoms with Crippen molar-refractivity contribution in [2.45, 2.75) is 25.4 Å². The van der Waals surface area contributed by atoms with Gasteiger partial charge in [-0.05, 0) is 54.5 Å². The Hall–Kier alpha value is -0.290. The van der Waals surface area contributed by atoms with E-state index in [9.17, 15) is 0 Å². The topological polar surface area (TPSA) is 12.5 Å². The molecule has 16 heavy (non-hydrogen) atoms. The molecule has 2 fully saturated rings. The minimum absolute atomic E-state index is 0.196. The van der Waals surface area contributed by atoms with E-state index in [1.165, 1.54) is 18.5 Å². The lowest BCUT2D eigenvalue weighted by atomic mass is 10.2. The van der Waals surface area contributed by atoms with Crippen LogP contribution in [0.25, 0.3) is 0 Å². The van der Waals surface area contributed by atoms with Crippen LogP contribution in [0.3, 0.4) is 0 Å². The fourth-order valence-electron chi connectivity index (χ4n) is 2.07. The van der Waals surface area contributed by atoms with E-state index in [0.717, 1.165) is 23.3 Å². The zero-order chi connectivity index (χ0) is 11.6. The molecule has 0 bridgehead atoms. The van der Waals surface area contributed by atoms with Crippen LogP contribution in [0.4, 0.5) is 0 Å². The molecule has 88 valence electrons. The Labute approximate surface area is 111 Å². The minimum atomic E-state index is 0.196. The van der Waals surface area contributed by atoms with Gasteiger partial charge in [-0.25, -0.2) is 0 Å². The molecule has 1 saturated carbocycles. The van der Waals surface area contributed by atoms with Gasteiger partial charge in [-0.1, -0.05) is 12.7 Å². The van der Waals surface area contributed by atoms with Crippen LogP contribution in [-0.4, -0.2) is 30.2 Å². The molecular weight excluding hydrogens is 313 g/mol. The van der Waals surface area contributed by atoms with Gasteiger partial charge in [-0.15, -0.1) is 0 Å². The summed E-state index contributed by atoms with van der Waals surface area (Å²) >= 11 is 2.23. The minimum Gasteiger partial charge on any atom is -0.371 e. The van der Waals surface area contributed by atoms with E-state index in [2.05, 4.69) is 59.2 Å². The van der Waals surface area contributed by atoms with Crippen LogP contribution >= 0.6 is 22.6 Å². The molecule has 1 heterocycles. The molecule has 0 aromatic carbocycles. The van der Waals surface area contributed by atoms with Crippen molar-refractivity contribution in [1.82, 2.24) is 4.90 Å². The number of halogens is 1. The summed E-state index contributed by atoms with van der Waals surface area (Å²) in [5, 5.41) is 0. The zero-order valence-electron chi connectivity index (χ0n) is 9.71. The molecule has 2 nitrogen and oxygen atoms in total. The summed E-state index contributed by atoms with van der Waals surface area (Å²) in [5.41, 5.74) is 1.48. The van der Waals surface area contributed by atoms with Crippen LogP contribution in [0.15, 0.2) is 34.1 Å². The van der Waals surface area contributed by atoms with E-state index in [1.54, 1.807) is 0 Å². The molecule has 1 aliphatic heterocycles. The van der Waals surface area contributed by atoms with Crippen molar-refractivity contribution in [3.63, 3.8) is 0 Å². The molecule has 2 aliphatic rings. The Balaban J connectivity index is 2.01. The number of hydrogen-bond acceptors (Lipinski definition) is 2. The third-order valence-electron chi connectivity index (χ3n) is 3.15. The summed E-state index contributed by atoms with van der Waals surface area (Å²) in [6.07, 6.45) is 8.82. The summed E-state index contributed by atoms with van der Waals surface area (Å²) in [6, 6.07) is 0. The molecule has 0 N–H and O–H groups in total. The summed E-state index contributed by atoms with van der Waals surface area (Å²) in [6.45, 7) is 8.87. The van der Waals surface area contributed by atoms with E-state index in [4.69, 9.17) is 4.74 Å². The molecular formula is C13H18INO. The predicted octanol–water partition coefficient (Wildman–Crippen LogP) is 3.26. The lowest BCUT2D eigenvalue weighted by Crippen LogP contribution is -2.42. The standard InChI is InChI=1S/C13H18INO/c1-3-12(5-4-11(2)14)15-8-9-16-13(10-15)6-7-13/h3-5H,2,6-10H2,1H3/b5-4-,12-3+. The van der Waals surface area contributed by atoms with Gasteiger partial charge in [0.25, 0.3) is 0 Å². The van der Waals surface area contributed by atoms with Crippen LogP contribution in [0, 0.1) is 0 Å². The van der Waals surface area contributed by atoms with Gasteiger partial charge < -0.3 is 9.64 Å². The van der Waals surface area contributed by atoms with Crippen molar-refractivity contribution < 1.29 is 4.74 Å². The molecule has 0 aromatic heterocycles. The van der Waals surface area contributed by atoms with Crippen molar-refractivity contribution in [1.29, 1.82) is 0 Å². The first-order valence-electron chi connectivity index (χ1n) is 5.73. The van der Waals surface area contributed by atoms with Crippen molar-refractivity contribution in [2.24, 2.45) is 0 Å². The smallest absolute Gasteiger partial charge is 0.0859 e. The van der Waals surface area contributed by atoms with E-state index < -0.39 is 0 Å². The summed E-state index contributed by atoms with van der Waals surface area (Å²) in [5.74, 6) is 0. The Morgan fingerprint density at radius 2 is 2.19 bits per heavy atom.